The van der Waals surface area contributed by atoms with Gasteiger partial charge in [-0.2, -0.15) is 5.10 Å². The molecule has 0 aliphatic carbocycles. The Morgan fingerprint density at radius 2 is 2.10 bits per heavy atom. The van der Waals surface area contributed by atoms with Crippen molar-refractivity contribution in [3.8, 4) is 5.82 Å². The molecule has 2 heterocycles. The van der Waals surface area contributed by atoms with Crippen molar-refractivity contribution < 1.29 is 4.79 Å². The summed E-state index contributed by atoms with van der Waals surface area (Å²) in [6, 6.07) is 3.84. The van der Waals surface area contributed by atoms with E-state index >= 15 is 0 Å². The first-order valence-corrected chi connectivity index (χ1v) is 6.40. The summed E-state index contributed by atoms with van der Waals surface area (Å²) in [5.74, 6) is 0.152. The lowest BCUT2D eigenvalue weighted by atomic mass is 10.1. The molecule has 0 atom stereocenters. The number of nitrogens with one attached hydrogen (secondary N) is 1. The standard InChI is InChI=1S/C14H19N5O/c1-14(2,3)17-7-10-4-5-12(16-6-10)19-9-11(8-18-19)13(15)20/h4-6,8-9,17H,7H2,1-3H3,(H2,15,20). The quantitative estimate of drug-likeness (QED) is 0.878. The summed E-state index contributed by atoms with van der Waals surface area (Å²) >= 11 is 0. The number of primary amides is 1. The number of nitrogens with two attached hydrogens (primary N) is 1. The van der Waals surface area contributed by atoms with Gasteiger partial charge in [0.2, 0.25) is 0 Å². The maximum atomic E-state index is 11.0. The molecular weight excluding hydrogens is 254 g/mol. The van der Waals surface area contributed by atoms with Crippen LogP contribution in [0.5, 0.6) is 0 Å². The number of hydrogen-bond donors (Lipinski definition) is 2. The highest BCUT2D eigenvalue weighted by Gasteiger charge is 2.09. The molecular formula is C14H19N5O. The molecule has 0 aliphatic rings. The maximum absolute atomic E-state index is 11.0. The second-order valence-electron chi connectivity index (χ2n) is 5.67. The first-order valence-electron chi connectivity index (χ1n) is 6.40. The third-order valence-electron chi connectivity index (χ3n) is 2.73. The van der Waals surface area contributed by atoms with Crippen molar-refractivity contribution in [2.75, 3.05) is 0 Å². The summed E-state index contributed by atoms with van der Waals surface area (Å²) in [5.41, 5.74) is 6.71. The lowest BCUT2D eigenvalue weighted by Crippen LogP contribution is -2.35. The minimum Gasteiger partial charge on any atom is -0.366 e. The fourth-order valence-corrected chi connectivity index (χ4v) is 1.60. The van der Waals surface area contributed by atoms with Crippen LogP contribution >= 0.6 is 0 Å². The molecule has 0 spiro atoms. The van der Waals surface area contributed by atoms with Crippen LogP contribution in [0.1, 0.15) is 36.7 Å². The van der Waals surface area contributed by atoms with E-state index in [0.29, 0.717) is 11.4 Å². The van der Waals surface area contributed by atoms with Gasteiger partial charge in [-0.05, 0) is 32.4 Å². The lowest BCUT2D eigenvalue weighted by Gasteiger charge is -2.20. The molecule has 0 fully saturated rings. The molecule has 2 aromatic rings. The SMILES string of the molecule is CC(C)(C)NCc1ccc(-n2cc(C(N)=O)cn2)nc1. The van der Waals surface area contributed by atoms with E-state index in [-0.39, 0.29) is 5.54 Å². The molecule has 6 heteroatoms. The predicted octanol–water partition coefficient (Wildman–Crippen LogP) is 1.25. The summed E-state index contributed by atoms with van der Waals surface area (Å²) in [4.78, 5) is 15.3. The molecule has 6 nitrogen and oxygen atoms in total. The molecule has 0 saturated carbocycles. The van der Waals surface area contributed by atoms with Gasteiger partial charge in [0.1, 0.15) is 0 Å². The van der Waals surface area contributed by atoms with Gasteiger partial charge in [-0.3, -0.25) is 4.79 Å². The Kier molecular flexibility index (Phi) is 3.85. The third-order valence-corrected chi connectivity index (χ3v) is 2.73. The van der Waals surface area contributed by atoms with Crippen molar-refractivity contribution in [1.82, 2.24) is 20.1 Å². The van der Waals surface area contributed by atoms with E-state index in [9.17, 15) is 4.79 Å². The number of nitrogens with zero attached hydrogens (tertiary/aromatic N) is 3. The summed E-state index contributed by atoms with van der Waals surface area (Å²) in [5, 5.41) is 7.45. The summed E-state index contributed by atoms with van der Waals surface area (Å²) in [7, 11) is 0. The third kappa shape index (κ3) is 3.64. The maximum Gasteiger partial charge on any atom is 0.251 e. The van der Waals surface area contributed by atoms with E-state index in [1.54, 1.807) is 12.4 Å². The van der Waals surface area contributed by atoms with Crippen LogP contribution in [0.4, 0.5) is 0 Å². The smallest absolute Gasteiger partial charge is 0.251 e. The molecule has 1 amide bonds. The predicted molar refractivity (Wildman–Crippen MR) is 76.5 cm³/mol. The Balaban J connectivity index is 2.09. The lowest BCUT2D eigenvalue weighted by molar-refractivity contribution is 0.100. The molecule has 106 valence electrons. The zero-order valence-electron chi connectivity index (χ0n) is 11.9. The topological polar surface area (TPSA) is 85.8 Å². The van der Waals surface area contributed by atoms with Crippen LogP contribution in [0.25, 0.3) is 5.82 Å². The Labute approximate surface area is 118 Å². The Morgan fingerprint density at radius 1 is 1.35 bits per heavy atom. The average molecular weight is 273 g/mol. The van der Waals surface area contributed by atoms with Gasteiger partial charge in [0, 0.05) is 24.5 Å². The fourth-order valence-electron chi connectivity index (χ4n) is 1.60. The van der Waals surface area contributed by atoms with Crippen LogP contribution in [0.3, 0.4) is 0 Å². The Hall–Kier alpha value is -2.21. The number of carbonyl (C=O) groups is 1. The molecule has 20 heavy (non-hydrogen) atoms. The normalized spacial score (nSPS) is 11.6. The molecule has 0 unspecified atom stereocenters. The van der Waals surface area contributed by atoms with Gasteiger partial charge >= 0.3 is 0 Å². The largest absolute Gasteiger partial charge is 0.366 e. The Morgan fingerprint density at radius 3 is 2.60 bits per heavy atom. The second-order valence-corrected chi connectivity index (χ2v) is 5.67. The van der Waals surface area contributed by atoms with Gasteiger partial charge in [-0.25, -0.2) is 9.67 Å². The zero-order valence-corrected chi connectivity index (χ0v) is 11.9. The van der Waals surface area contributed by atoms with Gasteiger partial charge in [-0.15, -0.1) is 0 Å². The minimum atomic E-state index is -0.498. The molecule has 2 rings (SSSR count). The number of rotatable bonds is 4. The summed E-state index contributed by atoms with van der Waals surface area (Å²) in [6.07, 6.45) is 4.79. The molecule has 0 aliphatic heterocycles. The zero-order chi connectivity index (χ0) is 14.8. The highest BCUT2D eigenvalue weighted by atomic mass is 16.1. The molecule has 0 radical (unpaired) electrons. The molecule has 0 saturated heterocycles. The molecule has 0 bridgehead atoms. The van der Waals surface area contributed by atoms with E-state index in [4.69, 9.17) is 5.73 Å². The fraction of sp³-hybridized carbons (Fsp3) is 0.357. The van der Waals surface area contributed by atoms with Crippen molar-refractivity contribution in [2.24, 2.45) is 5.73 Å². The van der Waals surface area contributed by atoms with Crippen molar-refractivity contribution in [2.45, 2.75) is 32.9 Å². The van der Waals surface area contributed by atoms with E-state index in [2.05, 4.69) is 36.2 Å². The van der Waals surface area contributed by atoms with Crippen LogP contribution in [0.2, 0.25) is 0 Å². The first kappa shape index (κ1) is 14.2. The highest BCUT2D eigenvalue weighted by molar-refractivity contribution is 5.92. The monoisotopic (exact) mass is 273 g/mol. The summed E-state index contributed by atoms with van der Waals surface area (Å²) < 4.78 is 1.53. The van der Waals surface area contributed by atoms with Gasteiger partial charge in [0.15, 0.2) is 5.82 Å². The molecule has 0 aromatic carbocycles. The number of aromatic nitrogens is 3. The van der Waals surface area contributed by atoms with E-state index in [1.165, 1.54) is 10.9 Å². The minimum absolute atomic E-state index is 0.0665. The number of amides is 1. The van der Waals surface area contributed by atoms with Gasteiger partial charge < -0.3 is 11.1 Å². The van der Waals surface area contributed by atoms with Crippen molar-refractivity contribution in [1.29, 1.82) is 0 Å². The van der Waals surface area contributed by atoms with Crippen molar-refractivity contribution >= 4 is 5.91 Å². The summed E-state index contributed by atoms with van der Waals surface area (Å²) in [6.45, 7) is 7.10. The van der Waals surface area contributed by atoms with Crippen LogP contribution in [0, 0.1) is 0 Å². The number of carbonyl (C=O) groups excluding carboxylic acids is 1. The van der Waals surface area contributed by atoms with Crippen LogP contribution in [0.15, 0.2) is 30.7 Å². The van der Waals surface area contributed by atoms with Crippen LogP contribution < -0.4 is 11.1 Å². The van der Waals surface area contributed by atoms with Gasteiger partial charge in [0.05, 0.1) is 11.8 Å². The molecule has 3 N–H and O–H groups in total. The van der Waals surface area contributed by atoms with E-state index in [1.807, 2.05) is 12.1 Å². The van der Waals surface area contributed by atoms with Crippen molar-refractivity contribution in [3.63, 3.8) is 0 Å². The van der Waals surface area contributed by atoms with E-state index < -0.39 is 5.91 Å². The van der Waals surface area contributed by atoms with Gasteiger partial charge in [0.25, 0.3) is 5.91 Å². The van der Waals surface area contributed by atoms with E-state index in [0.717, 1.165) is 12.1 Å². The van der Waals surface area contributed by atoms with Crippen LogP contribution in [-0.2, 0) is 6.54 Å². The van der Waals surface area contributed by atoms with Gasteiger partial charge in [-0.1, -0.05) is 6.07 Å². The second kappa shape index (κ2) is 5.42. The highest BCUT2D eigenvalue weighted by Crippen LogP contribution is 2.08. The Bertz CT molecular complexity index is 595. The average Bonchev–Trinajstić information content (AvgIpc) is 2.86. The number of hydrogen-bond acceptors (Lipinski definition) is 4. The van der Waals surface area contributed by atoms with Crippen LogP contribution in [-0.4, -0.2) is 26.2 Å². The molecule has 2 aromatic heterocycles. The van der Waals surface area contributed by atoms with Crippen molar-refractivity contribution in [3.05, 3.63) is 41.9 Å². The first-order chi connectivity index (χ1) is 9.35. The number of pyridine rings is 1.